The van der Waals surface area contributed by atoms with Crippen LogP contribution in [0.2, 0.25) is 0 Å². The maximum Gasteiger partial charge on any atom is 0.573 e. The minimum absolute atomic E-state index is 0.277. The Morgan fingerprint density at radius 2 is 1.60 bits per heavy atom. The van der Waals surface area contributed by atoms with Crippen molar-refractivity contribution in [3.8, 4) is 16.9 Å². The van der Waals surface area contributed by atoms with Gasteiger partial charge >= 0.3 is 12.5 Å². The molecule has 2 aromatic rings. The molecule has 0 saturated heterocycles. The number of alkyl halides is 3. The van der Waals surface area contributed by atoms with Gasteiger partial charge in [-0.05, 0) is 41.7 Å². The summed E-state index contributed by atoms with van der Waals surface area (Å²) in [6, 6.07) is 13.0. The van der Waals surface area contributed by atoms with Crippen molar-refractivity contribution in [1.29, 1.82) is 0 Å². The lowest BCUT2D eigenvalue weighted by Gasteiger charge is -2.15. The van der Waals surface area contributed by atoms with Gasteiger partial charge in [0.05, 0.1) is 0 Å². The zero-order valence-corrected chi connectivity index (χ0v) is 16.4. The third-order valence-corrected chi connectivity index (χ3v) is 4.19. The molecular formula is C21H23F3N2O4. The average molecular weight is 424 g/mol. The molecule has 0 unspecified atom stereocenters. The smallest absolute Gasteiger partial charge is 0.436 e. The van der Waals surface area contributed by atoms with Gasteiger partial charge in [0.1, 0.15) is 5.75 Å². The van der Waals surface area contributed by atoms with Crippen LogP contribution in [0.1, 0.15) is 25.3 Å². The van der Waals surface area contributed by atoms with Crippen LogP contribution in [0.25, 0.3) is 11.1 Å². The van der Waals surface area contributed by atoms with Gasteiger partial charge in [-0.25, -0.2) is 4.79 Å². The number of carbonyl (C=O) groups excluding carboxylic acids is 2. The molecule has 1 atom stereocenters. The fourth-order valence-electron chi connectivity index (χ4n) is 2.80. The first kappa shape index (κ1) is 23.1. The number of benzene rings is 2. The van der Waals surface area contributed by atoms with Crippen molar-refractivity contribution >= 4 is 12.0 Å². The van der Waals surface area contributed by atoms with E-state index in [1.165, 1.54) is 12.1 Å². The summed E-state index contributed by atoms with van der Waals surface area (Å²) in [5.41, 5.74) is 7.52. The van der Waals surface area contributed by atoms with Crippen LogP contribution in [0.3, 0.4) is 0 Å². The molecule has 0 heterocycles. The second-order valence-electron chi connectivity index (χ2n) is 6.52. The number of halogens is 3. The van der Waals surface area contributed by atoms with E-state index in [0.29, 0.717) is 25.8 Å². The first-order valence-electron chi connectivity index (χ1n) is 9.37. The standard InChI is InChI=1S/C21H23F3N2O4/c1-2-3-18(29-20(25)28)19(27)26-13-12-14-4-6-15(7-5-14)16-8-10-17(11-9-16)30-21(22,23)24/h4-11,18H,2-3,12-13H2,1H3,(H2,25,28)(H,26,27)/t18-/m0/s1. The SMILES string of the molecule is CCC[C@H](OC(N)=O)C(=O)NCCc1ccc(-c2ccc(OC(F)(F)F)cc2)cc1. The fourth-order valence-corrected chi connectivity index (χ4v) is 2.80. The lowest BCUT2D eigenvalue weighted by Crippen LogP contribution is -2.39. The van der Waals surface area contributed by atoms with Gasteiger partial charge in [-0.3, -0.25) is 4.79 Å². The zero-order chi connectivity index (χ0) is 22.1. The van der Waals surface area contributed by atoms with Gasteiger partial charge in [0, 0.05) is 6.54 Å². The highest BCUT2D eigenvalue weighted by molar-refractivity contribution is 5.83. The first-order valence-corrected chi connectivity index (χ1v) is 9.37. The minimum Gasteiger partial charge on any atom is -0.436 e. The second kappa shape index (κ2) is 10.5. The molecule has 0 fully saturated rings. The third kappa shape index (κ3) is 7.65. The molecule has 2 aromatic carbocycles. The van der Waals surface area contributed by atoms with Crippen molar-refractivity contribution in [3.05, 3.63) is 54.1 Å². The number of rotatable bonds is 9. The summed E-state index contributed by atoms with van der Waals surface area (Å²) in [4.78, 5) is 23.0. The topological polar surface area (TPSA) is 90.7 Å². The van der Waals surface area contributed by atoms with Gasteiger partial charge in [0.2, 0.25) is 0 Å². The number of primary amides is 1. The molecule has 9 heteroatoms. The van der Waals surface area contributed by atoms with Crippen molar-refractivity contribution in [2.45, 2.75) is 38.7 Å². The van der Waals surface area contributed by atoms with E-state index in [0.717, 1.165) is 16.7 Å². The van der Waals surface area contributed by atoms with Gasteiger partial charge in [-0.15, -0.1) is 13.2 Å². The Labute approximate surface area is 172 Å². The predicted octanol–water partition coefficient (Wildman–Crippen LogP) is 4.17. The van der Waals surface area contributed by atoms with Crippen molar-refractivity contribution in [1.82, 2.24) is 5.32 Å². The van der Waals surface area contributed by atoms with Crippen LogP contribution in [0.15, 0.2) is 48.5 Å². The number of hydrogen-bond donors (Lipinski definition) is 2. The minimum atomic E-state index is -4.72. The highest BCUT2D eigenvalue weighted by atomic mass is 19.4. The number of carbonyl (C=O) groups is 2. The van der Waals surface area contributed by atoms with Crippen molar-refractivity contribution < 1.29 is 32.2 Å². The van der Waals surface area contributed by atoms with Crippen molar-refractivity contribution in [2.24, 2.45) is 5.73 Å². The van der Waals surface area contributed by atoms with E-state index in [9.17, 15) is 22.8 Å². The predicted molar refractivity (Wildman–Crippen MR) is 105 cm³/mol. The molecule has 30 heavy (non-hydrogen) atoms. The highest BCUT2D eigenvalue weighted by Crippen LogP contribution is 2.26. The van der Waals surface area contributed by atoms with Crippen LogP contribution in [-0.4, -0.2) is 31.0 Å². The van der Waals surface area contributed by atoms with E-state index in [1.807, 2.05) is 31.2 Å². The largest absolute Gasteiger partial charge is 0.573 e. The summed E-state index contributed by atoms with van der Waals surface area (Å²) >= 11 is 0. The van der Waals surface area contributed by atoms with Crippen LogP contribution in [-0.2, 0) is 16.0 Å². The Morgan fingerprint density at radius 1 is 1.03 bits per heavy atom. The quantitative estimate of drug-likeness (QED) is 0.632. The summed E-state index contributed by atoms with van der Waals surface area (Å²) in [5, 5.41) is 2.72. The van der Waals surface area contributed by atoms with Crippen LogP contribution < -0.4 is 15.8 Å². The normalized spacial score (nSPS) is 12.1. The molecule has 0 radical (unpaired) electrons. The summed E-state index contributed by atoms with van der Waals surface area (Å²) in [6.07, 6.45) is -5.01. The van der Waals surface area contributed by atoms with E-state index < -0.39 is 24.5 Å². The van der Waals surface area contributed by atoms with Crippen LogP contribution in [0.5, 0.6) is 5.75 Å². The number of nitrogens with one attached hydrogen (secondary N) is 1. The number of hydrogen-bond acceptors (Lipinski definition) is 4. The molecule has 3 N–H and O–H groups in total. The molecule has 2 rings (SSSR count). The Balaban J connectivity index is 1.88. The Hall–Kier alpha value is -3.23. The summed E-state index contributed by atoms with van der Waals surface area (Å²) in [6.45, 7) is 2.22. The van der Waals surface area contributed by atoms with Crippen molar-refractivity contribution in [2.75, 3.05) is 6.54 Å². The van der Waals surface area contributed by atoms with Gasteiger partial charge < -0.3 is 20.5 Å². The summed E-state index contributed by atoms with van der Waals surface area (Å²) in [7, 11) is 0. The van der Waals surface area contributed by atoms with Crippen molar-refractivity contribution in [3.63, 3.8) is 0 Å². The van der Waals surface area contributed by atoms with E-state index >= 15 is 0 Å². The van der Waals surface area contributed by atoms with E-state index in [1.54, 1.807) is 12.1 Å². The van der Waals surface area contributed by atoms with E-state index in [4.69, 9.17) is 10.5 Å². The van der Waals surface area contributed by atoms with Gasteiger partial charge in [0.25, 0.3) is 5.91 Å². The molecule has 0 aliphatic carbocycles. The maximum atomic E-state index is 12.2. The number of ether oxygens (including phenoxy) is 2. The molecule has 0 bridgehead atoms. The molecular weight excluding hydrogens is 401 g/mol. The zero-order valence-electron chi connectivity index (χ0n) is 16.4. The Bertz CT molecular complexity index is 837. The molecule has 0 aliphatic heterocycles. The van der Waals surface area contributed by atoms with Gasteiger partial charge in [-0.1, -0.05) is 49.7 Å². The van der Waals surface area contributed by atoms with Gasteiger partial charge in [0.15, 0.2) is 6.10 Å². The van der Waals surface area contributed by atoms with E-state index in [-0.39, 0.29) is 5.75 Å². The monoisotopic (exact) mass is 424 g/mol. The van der Waals surface area contributed by atoms with E-state index in [2.05, 4.69) is 10.1 Å². The van der Waals surface area contributed by atoms with Crippen LogP contribution in [0.4, 0.5) is 18.0 Å². The molecule has 2 amide bonds. The lowest BCUT2D eigenvalue weighted by atomic mass is 10.0. The molecule has 6 nitrogen and oxygen atoms in total. The van der Waals surface area contributed by atoms with Gasteiger partial charge in [-0.2, -0.15) is 0 Å². The summed E-state index contributed by atoms with van der Waals surface area (Å²) < 4.78 is 45.3. The lowest BCUT2D eigenvalue weighted by molar-refractivity contribution is -0.274. The molecule has 0 spiro atoms. The Kier molecular flexibility index (Phi) is 8.08. The molecule has 0 aliphatic rings. The maximum absolute atomic E-state index is 12.2. The number of amides is 2. The summed E-state index contributed by atoms with van der Waals surface area (Å²) in [5.74, 6) is -0.672. The van der Waals surface area contributed by atoms with Crippen LogP contribution in [0, 0.1) is 0 Å². The first-order chi connectivity index (χ1) is 14.2. The molecule has 0 aromatic heterocycles. The highest BCUT2D eigenvalue weighted by Gasteiger charge is 2.30. The third-order valence-electron chi connectivity index (χ3n) is 4.19. The number of nitrogens with two attached hydrogens (primary N) is 1. The van der Waals surface area contributed by atoms with Crippen LogP contribution >= 0.6 is 0 Å². The second-order valence-corrected chi connectivity index (χ2v) is 6.52. The molecule has 162 valence electrons. The fraction of sp³-hybridized carbons (Fsp3) is 0.333. The average Bonchev–Trinajstić information content (AvgIpc) is 2.67. The molecule has 0 saturated carbocycles. The Morgan fingerprint density at radius 3 is 2.10 bits per heavy atom.